The second-order valence-electron chi connectivity index (χ2n) is 8.45. The molecule has 1 aromatic heterocycles. The van der Waals surface area contributed by atoms with Gasteiger partial charge in [-0.15, -0.1) is 0 Å². The lowest BCUT2D eigenvalue weighted by Crippen LogP contribution is -2.50. The van der Waals surface area contributed by atoms with Crippen LogP contribution in [0.5, 0.6) is 0 Å². The summed E-state index contributed by atoms with van der Waals surface area (Å²) < 4.78 is 0. The zero-order chi connectivity index (χ0) is 21.8. The van der Waals surface area contributed by atoms with Crippen LogP contribution in [-0.2, 0) is 0 Å². The summed E-state index contributed by atoms with van der Waals surface area (Å²) in [6, 6.07) is 10.9. The summed E-state index contributed by atoms with van der Waals surface area (Å²) in [5.74, 6) is 1.35. The van der Waals surface area contributed by atoms with Gasteiger partial charge in [-0.05, 0) is 49.9 Å². The maximum absolute atomic E-state index is 11.6. The Labute approximate surface area is 182 Å². The number of rotatable bonds is 6. The highest BCUT2D eigenvalue weighted by Gasteiger charge is 2.28. The van der Waals surface area contributed by atoms with Crippen LogP contribution in [0.25, 0.3) is 0 Å². The summed E-state index contributed by atoms with van der Waals surface area (Å²) in [6.07, 6.45) is 3.99. The molecule has 8 heteroatoms. The van der Waals surface area contributed by atoms with Gasteiger partial charge in [-0.25, -0.2) is 4.98 Å². The highest BCUT2D eigenvalue weighted by molar-refractivity contribution is 5.95. The van der Waals surface area contributed by atoms with Crippen molar-refractivity contribution in [2.24, 2.45) is 5.92 Å². The Balaban J connectivity index is 1.37. The van der Waals surface area contributed by atoms with E-state index in [1.165, 1.54) is 13.0 Å². The van der Waals surface area contributed by atoms with Crippen LogP contribution in [0.1, 0.15) is 30.1 Å². The number of hydrogen-bond acceptors (Lipinski definition) is 7. The van der Waals surface area contributed by atoms with E-state index in [0.29, 0.717) is 17.2 Å². The summed E-state index contributed by atoms with van der Waals surface area (Å²) in [4.78, 5) is 34.3. The van der Waals surface area contributed by atoms with Crippen molar-refractivity contribution >= 4 is 23.0 Å². The number of hydrogen-bond donors (Lipinski definition) is 0. The average Bonchev–Trinajstić information content (AvgIpc) is 2.80. The first-order valence-electron chi connectivity index (χ1n) is 10.9. The van der Waals surface area contributed by atoms with Crippen molar-refractivity contribution in [1.29, 1.82) is 0 Å². The molecule has 1 aromatic carbocycles. The van der Waals surface area contributed by atoms with E-state index in [4.69, 9.17) is 0 Å². The van der Waals surface area contributed by atoms with Crippen LogP contribution in [0.2, 0.25) is 0 Å². The normalized spacial score (nSPS) is 20.0. The van der Waals surface area contributed by atoms with E-state index in [-0.39, 0.29) is 16.4 Å². The summed E-state index contributed by atoms with van der Waals surface area (Å²) in [5, 5.41) is 11.6. The molecule has 8 nitrogen and oxygen atoms in total. The van der Waals surface area contributed by atoms with Crippen LogP contribution in [0.15, 0.2) is 42.6 Å². The van der Waals surface area contributed by atoms with E-state index in [1.54, 1.807) is 12.1 Å². The summed E-state index contributed by atoms with van der Waals surface area (Å²) >= 11 is 0. The van der Waals surface area contributed by atoms with Crippen molar-refractivity contribution in [2.45, 2.75) is 19.8 Å². The minimum atomic E-state index is -0.373. The Morgan fingerprint density at radius 1 is 1.13 bits per heavy atom. The molecule has 0 radical (unpaired) electrons. The van der Waals surface area contributed by atoms with Gasteiger partial charge in [-0.1, -0.05) is 6.07 Å². The first-order valence-corrected chi connectivity index (χ1v) is 10.9. The zero-order valence-electron chi connectivity index (χ0n) is 17.9. The average molecular weight is 424 g/mol. The number of aromatic nitrogens is 1. The molecule has 1 unspecified atom stereocenters. The Hall–Kier alpha value is -3.00. The van der Waals surface area contributed by atoms with Gasteiger partial charge < -0.3 is 9.80 Å². The van der Waals surface area contributed by atoms with Gasteiger partial charge in [0.15, 0.2) is 5.78 Å². The molecule has 0 amide bonds. The topological polar surface area (TPSA) is 82.8 Å². The number of anilines is 2. The number of carbonyl (C=O) groups is 1. The number of nitro groups is 1. The second-order valence-corrected chi connectivity index (χ2v) is 8.45. The smallest absolute Gasteiger partial charge is 0.293 e. The van der Waals surface area contributed by atoms with Gasteiger partial charge in [0, 0.05) is 63.6 Å². The van der Waals surface area contributed by atoms with Crippen LogP contribution in [0.4, 0.5) is 17.2 Å². The number of pyridine rings is 1. The van der Waals surface area contributed by atoms with E-state index in [0.717, 1.165) is 64.5 Å². The van der Waals surface area contributed by atoms with Crippen molar-refractivity contribution < 1.29 is 9.72 Å². The maximum atomic E-state index is 11.6. The van der Waals surface area contributed by atoms with Gasteiger partial charge in [0.05, 0.1) is 4.92 Å². The van der Waals surface area contributed by atoms with Gasteiger partial charge in [0.2, 0.25) is 0 Å². The van der Waals surface area contributed by atoms with Crippen molar-refractivity contribution in [1.82, 2.24) is 9.88 Å². The van der Waals surface area contributed by atoms with Gasteiger partial charge in [-0.3, -0.25) is 19.8 Å². The third kappa shape index (κ3) is 5.02. The summed E-state index contributed by atoms with van der Waals surface area (Å²) in [5.41, 5.74) is 1.03. The molecule has 3 heterocycles. The molecule has 0 saturated carbocycles. The predicted octanol–water partition coefficient (Wildman–Crippen LogP) is 3.23. The number of ketones is 1. The van der Waals surface area contributed by atoms with E-state index >= 15 is 0 Å². The second kappa shape index (κ2) is 9.43. The van der Waals surface area contributed by atoms with Crippen LogP contribution in [0, 0.1) is 16.0 Å². The number of Topliss-reactive ketones (excluding diaryl/α,β-unsaturated/α-hetero) is 1. The molecule has 0 aliphatic carbocycles. The Morgan fingerprint density at radius 2 is 1.94 bits per heavy atom. The molecular formula is C23H29N5O3. The molecule has 164 valence electrons. The number of nitrogens with zero attached hydrogens (tertiary/aromatic N) is 5. The number of piperidine rings is 1. The fourth-order valence-electron chi connectivity index (χ4n) is 4.65. The lowest BCUT2D eigenvalue weighted by atomic mass is 9.96. The van der Waals surface area contributed by atoms with Gasteiger partial charge in [0.25, 0.3) is 5.69 Å². The van der Waals surface area contributed by atoms with Crippen molar-refractivity contribution in [3.8, 4) is 0 Å². The third-order valence-electron chi connectivity index (χ3n) is 6.30. The van der Waals surface area contributed by atoms with Crippen LogP contribution in [0.3, 0.4) is 0 Å². The molecule has 2 saturated heterocycles. The molecular weight excluding hydrogens is 394 g/mol. The predicted molar refractivity (Wildman–Crippen MR) is 121 cm³/mol. The largest absolute Gasteiger partial charge is 0.366 e. The number of nitro benzene ring substituents is 1. The monoisotopic (exact) mass is 423 g/mol. The van der Waals surface area contributed by atoms with Gasteiger partial charge in [0.1, 0.15) is 11.5 Å². The fourth-order valence-corrected chi connectivity index (χ4v) is 4.65. The molecule has 0 spiro atoms. The van der Waals surface area contributed by atoms with Crippen molar-refractivity contribution in [3.05, 3.63) is 58.3 Å². The van der Waals surface area contributed by atoms with Crippen LogP contribution < -0.4 is 9.80 Å². The standard InChI is InChI=1S/C23H29N5O3/c1-18(29)20-7-8-21(22(15-20)28(30)31)27-10-4-5-19(17-27)16-25-11-13-26(14-12-25)23-6-2-3-9-24-23/h2-3,6-9,15,19H,4-5,10-14,16-17H2,1H3. The molecule has 4 rings (SSSR count). The molecule has 31 heavy (non-hydrogen) atoms. The minimum Gasteiger partial charge on any atom is -0.366 e. The van der Waals surface area contributed by atoms with E-state index in [2.05, 4.69) is 25.8 Å². The maximum Gasteiger partial charge on any atom is 0.293 e. The molecule has 1 atom stereocenters. The Kier molecular flexibility index (Phi) is 6.46. The third-order valence-corrected chi connectivity index (χ3v) is 6.30. The number of benzene rings is 1. The first kappa shape index (κ1) is 21.2. The van der Waals surface area contributed by atoms with E-state index < -0.39 is 0 Å². The quantitative estimate of drug-likeness (QED) is 0.401. The minimum absolute atomic E-state index is 0.0253. The van der Waals surface area contributed by atoms with E-state index in [1.807, 2.05) is 18.3 Å². The van der Waals surface area contributed by atoms with Crippen molar-refractivity contribution in [2.75, 3.05) is 55.6 Å². The number of piperazine rings is 1. The summed E-state index contributed by atoms with van der Waals surface area (Å²) in [7, 11) is 0. The summed E-state index contributed by atoms with van der Waals surface area (Å²) in [6.45, 7) is 7.98. The van der Waals surface area contributed by atoms with E-state index in [9.17, 15) is 14.9 Å². The van der Waals surface area contributed by atoms with Crippen LogP contribution >= 0.6 is 0 Å². The molecule has 0 N–H and O–H groups in total. The first-order chi connectivity index (χ1) is 15.0. The molecule has 2 aliphatic heterocycles. The molecule has 0 bridgehead atoms. The Bertz CT molecular complexity index is 928. The van der Waals surface area contributed by atoms with Gasteiger partial charge in [-0.2, -0.15) is 0 Å². The highest BCUT2D eigenvalue weighted by atomic mass is 16.6. The molecule has 2 fully saturated rings. The fraction of sp³-hybridized carbons (Fsp3) is 0.478. The highest BCUT2D eigenvalue weighted by Crippen LogP contribution is 2.33. The lowest BCUT2D eigenvalue weighted by molar-refractivity contribution is -0.384. The van der Waals surface area contributed by atoms with Crippen molar-refractivity contribution in [3.63, 3.8) is 0 Å². The van der Waals surface area contributed by atoms with Gasteiger partial charge >= 0.3 is 0 Å². The zero-order valence-corrected chi connectivity index (χ0v) is 17.9. The SMILES string of the molecule is CC(=O)c1ccc(N2CCCC(CN3CCN(c4ccccn4)CC3)C2)c([N+](=O)[O-])c1. The molecule has 2 aliphatic rings. The van der Waals surface area contributed by atoms with Crippen LogP contribution in [-0.4, -0.2) is 66.4 Å². The molecule has 2 aromatic rings. The Morgan fingerprint density at radius 3 is 2.61 bits per heavy atom. The lowest BCUT2D eigenvalue weighted by Gasteiger charge is -2.40. The number of carbonyl (C=O) groups excluding carboxylic acids is 1.